The maximum atomic E-state index is 4.37. The molecular weight excluding hydrogens is 254 g/mol. The van der Waals surface area contributed by atoms with Gasteiger partial charge in [0.1, 0.15) is 0 Å². The first-order chi connectivity index (χ1) is 7.15. The number of rotatable bonds is 2. The van der Waals surface area contributed by atoms with Gasteiger partial charge >= 0.3 is 0 Å². The van der Waals surface area contributed by atoms with Crippen molar-refractivity contribution in [3.63, 3.8) is 0 Å². The fourth-order valence-corrected chi connectivity index (χ4v) is 2.92. The van der Waals surface area contributed by atoms with Gasteiger partial charge in [-0.3, -0.25) is 9.58 Å². The fourth-order valence-electron chi connectivity index (χ4n) is 2.18. The first kappa shape index (κ1) is 11.1. The fraction of sp³-hybridized carbons (Fsp3) is 0.727. The third kappa shape index (κ3) is 2.82. The van der Waals surface area contributed by atoms with Gasteiger partial charge in [0.2, 0.25) is 0 Å². The number of aromatic nitrogens is 2. The van der Waals surface area contributed by atoms with Crippen LogP contribution in [0.3, 0.4) is 0 Å². The van der Waals surface area contributed by atoms with Crippen molar-refractivity contribution in [2.45, 2.75) is 31.1 Å². The van der Waals surface area contributed by atoms with Crippen LogP contribution in [0.2, 0.25) is 0 Å². The average Bonchev–Trinajstić information content (AvgIpc) is 2.45. The number of likely N-dealkylation sites (tertiary alicyclic amines) is 1. The van der Waals surface area contributed by atoms with E-state index in [9.17, 15) is 0 Å². The highest BCUT2D eigenvalue weighted by atomic mass is 79.9. The van der Waals surface area contributed by atoms with Crippen LogP contribution in [-0.4, -0.2) is 32.6 Å². The molecule has 1 aromatic heterocycles. The monoisotopic (exact) mass is 271 g/mol. The Labute approximate surface area is 99.6 Å². The molecule has 1 aliphatic rings. The molecule has 0 aliphatic carbocycles. The van der Waals surface area contributed by atoms with Gasteiger partial charge < -0.3 is 0 Å². The van der Waals surface area contributed by atoms with Crippen LogP contribution in [0.15, 0.2) is 6.07 Å². The summed E-state index contributed by atoms with van der Waals surface area (Å²) in [5.74, 6) is 0. The predicted molar refractivity (Wildman–Crippen MR) is 65.2 cm³/mol. The van der Waals surface area contributed by atoms with Gasteiger partial charge in [0.25, 0.3) is 0 Å². The molecule has 0 bridgehead atoms. The van der Waals surface area contributed by atoms with Gasteiger partial charge in [-0.05, 0) is 32.4 Å². The minimum atomic E-state index is 0.667. The molecule has 3 nitrogen and oxygen atoms in total. The first-order valence-electron chi connectivity index (χ1n) is 5.51. The number of hydrogen-bond donors (Lipinski definition) is 0. The van der Waals surface area contributed by atoms with E-state index in [1.807, 2.05) is 18.7 Å². The zero-order chi connectivity index (χ0) is 10.8. The topological polar surface area (TPSA) is 21.1 Å². The van der Waals surface area contributed by atoms with Gasteiger partial charge in [-0.25, -0.2) is 0 Å². The molecule has 84 valence electrons. The highest BCUT2D eigenvalue weighted by Crippen LogP contribution is 2.18. The zero-order valence-corrected chi connectivity index (χ0v) is 11.0. The molecule has 2 heterocycles. The Morgan fingerprint density at radius 1 is 1.60 bits per heavy atom. The number of alkyl halides is 1. The second kappa shape index (κ2) is 4.66. The van der Waals surface area contributed by atoms with Crippen molar-refractivity contribution in [3.05, 3.63) is 17.5 Å². The van der Waals surface area contributed by atoms with Crippen LogP contribution in [0.5, 0.6) is 0 Å². The normalized spacial score (nSPS) is 23.3. The molecule has 0 saturated carbocycles. The Morgan fingerprint density at radius 3 is 3.00 bits per heavy atom. The number of aryl methyl sites for hydroxylation is 2. The maximum Gasteiger partial charge on any atom is 0.0597 e. The summed E-state index contributed by atoms with van der Waals surface area (Å²) in [6.07, 6.45) is 2.60. The number of nitrogens with zero attached hydrogens (tertiary/aromatic N) is 3. The van der Waals surface area contributed by atoms with E-state index in [2.05, 4.69) is 32.0 Å². The van der Waals surface area contributed by atoms with Crippen molar-refractivity contribution >= 4 is 15.9 Å². The van der Waals surface area contributed by atoms with Gasteiger partial charge in [0, 0.05) is 25.0 Å². The van der Waals surface area contributed by atoms with Crippen molar-refractivity contribution in [1.82, 2.24) is 14.7 Å². The summed E-state index contributed by atoms with van der Waals surface area (Å²) in [7, 11) is 2.03. The van der Waals surface area contributed by atoms with Crippen molar-refractivity contribution in [2.24, 2.45) is 7.05 Å². The lowest BCUT2D eigenvalue weighted by molar-refractivity contribution is 0.222. The molecule has 2 rings (SSSR count). The predicted octanol–water partition coefficient (Wildman–Crippen LogP) is 2.09. The van der Waals surface area contributed by atoms with Crippen LogP contribution < -0.4 is 0 Å². The van der Waals surface area contributed by atoms with Crippen LogP contribution in [0.1, 0.15) is 24.2 Å². The second-order valence-corrected chi connectivity index (χ2v) is 5.67. The van der Waals surface area contributed by atoms with E-state index in [0.29, 0.717) is 4.83 Å². The summed E-state index contributed by atoms with van der Waals surface area (Å²) in [4.78, 5) is 3.17. The molecule has 1 unspecified atom stereocenters. The van der Waals surface area contributed by atoms with Crippen LogP contribution in [0.25, 0.3) is 0 Å². The largest absolute Gasteiger partial charge is 0.296 e. The third-order valence-corrected chi connectivity index (χ3v) is 3.68. The van der Waals surface area contributed by atoms with Crippen molar-refractivity contribution < 1.29 is 0 Å². The van der Waals surface area contributed by atoms with E-state index >= 15 is 0 Å². The van der Waals surface area contributed by atoms with E-state index in [1.54, 1.807) is 0 Å². The quantitative estimate of drug-likeness (QED) is 0.769. The lowest BCUT2D eigenvalue weighted by Gasteiger charge is -2.29. The standard InChI is InChI=1S/C11H18BrN3/c1-9-6-11(14(2)13-9)8-15-5-3-4-10(12)7-15/h6,10H,3-5,7-8H2,1-2H3. The summed E-state index contributed by atoms with van der Waals surface area (Å²) < 4.78 is 1.99. The summed E-state index contributed by atoms with van der Waals surface area (Å²) in [6.45, 7) is 5.45. The molecule has 0 spiro atoms. The molecule has 1 aliphatic heterocycles. The van der Waals surface area contributed by atoms with Crippen LogP contribution in [0.4, 0.5) is 0 Å². The van der Waals surface area contributed by atoms with Crippen LogP contribution in [0, 0.1) is 6.92 Å². The van der Waals surface area contributed by atoms with E-state index < -0.39 is 0 Å². The number of halogens is 1. The zero-order valence-electron chi connectivity index (χ0n) is 9.41. The van der Waals surface area contributed by atoms with Gasteiger partial charge in [-0.15, -0.1) is 0 Å². The molecule has 1 saturated heterocycles. The molecule has 0 N–H and O–H groups in total. The smallest absolute Gasteiger partial charge is 0.0597 e. The van der Waals surface area contributed by atoms with Crippen LogP contribution in [-0.2, 0) is 13.6 Å². The molecule has 0 amide bonds. The van der Waals surface area contributed by atoms with E-state index in [-0.39, 0.29) is 0 Å². The molecular formula is C11H18BrN3. The number of hydrogen-bond acceptors (Lipinski definition) is 2. The van der Waals surface area contributed by atoms with E-state index in [0.717, 1.165) is 18.8 Å². The Kier molecular flexibility index (Phi) is 3.46. The lowest BCUT2D eigenvalue weighted by Crippen LogP contribution is -2.35. The van der Waals surface area contributed by atoms with E-state index in [4.69, 9.17) is 0 Å². The number of piperidine rings is 1. The average molecular weight is 272 g/mol. The molecule has 1 aromatic rings. The van der Waals surface area contributed by atoms with Gasteiger partial charge in [-0.2, -0.15) is 5.10 Å². The molecule has 15 heavy (non-hydrogen) atoms. The minimum Gasteiger partial charge on any atom is -0.296 e. The Balaban J connectivity index is 1.99. The van der Waals surface area contributed by atoms with Gasteiger partial charge in [-0.1, -0.05) is 15.9 Å². The van der Waals surface area contributed by atoms with Gasteiger partial charge in [0.05, 0.1) is 11.4 Å². The SMILES string of the molecule is Cc1cc(CN2CCCC(Br)C2)n(C)n1. The van der Waals surface area contributed by atoms with Crippen molar-refractivity contribution in [3.8, 4) is 0 Å². The highest BCUT2D eigenvalue weighted by Gasteiger charge is 2.18. The highest BCUT2D eigenvalue weighted by molar-refractivity contribution is 9.09. The molecule has 0 aromatic carbocycles. The van der Waals surface area contributed by atoms with Crippen molar-refractivity contribution in [2.75, 3.05) is 13.1 Å². The first-order valence-corrected chi connectivity index (χ1v) is 6.42. The van der Waals surface area contributed by atoms with E-state index in [1.165, 1.54) is 25.1 Å². The Morgan fingerprint density at radius 2 is 2.40 bits per heavy atom. The Hall–Kier alpha value is -0.350. The Bertz CT molecular complexity index is 335. The summed E-state index contributed by atoms with van der Waals surface area (Å²) >= 11 is 3.70. The lowest BCUT2D eigenvalue weighted by atomic mass is 10.1. The maximum absolute atomic E-state index is 4.37. The van der Waals surface area contributed by atoms with Gasteiger partial charge in [0.15, 0.2) is 0 Å². The summed E-state index contributed by atoms with van der Waals surface area (Å²) in [6, 6.07) is 2.18. The molecule has 1 fully saturated rings. The van der Waals surface area contributed by atoms with Crippen LogP contribution >= 0.6 is 15.9 Å². The summed E-state index contributed by atoms with van der Waals surface area (Å²) in [5.41, 5.74) is 2.43. The third-order valence-electron chi connectivity index (χ3n) is 2.93. The summed E-state index contributed by atoms with van der Waals surface area (Å²) in [5, 5.41) is 4.37. The minimum absolute atomic E-state index is 0.667. The molecule has 1 atom stereocenters. The molecule has 4 heteroatoms. The second-order valence-electron chi connectivity index (χ2n) is 4.38. The van der Waals surface area contributed by atoms with Crippen molar-refractivity contribution in [1.29, 1.82) is 0 Å². The molecule has 0 radical (unpaired) electrons.